The van der Waals surface area contributed by atoms with Crippen molar-refractivity contribution in [1.29, 1.82) is 0 Å². The third-order valence-electron chi connectivity index (χ3n) is 5.00. The highest BCUT2D eigenvalue weighted by molar-refractivity contribution is 6.31. The van der Waals surface area contributed by atoms with E-state index >= 15 is 0 Å². The van der Waals surface area contributed by atoms with Gasteiger partial charge in [0.05, 0.1) is 18.0 Å². The molecule has 7 nitrogen and oxygen atoms in total. The molecule has 0 atom stereocenters. The van der Waals surface area contributed by atoms with E-state index in [9.17, 15) is 4.79 Å². The fourth-order valence-electron chi connectivity index (χ4n) is 3.27. The summed E-state index contributed by atoms with van der Waals surface area (Å²) in [4.78, 5) is 21.0. The number of amides is 1. The standard InChI is InChI=1S/C26H27ClN4O3/c1-5-18-16-28-26(31-25(18)17(3)19-8-7-9-20(27)14-19)29-21-10-11-23(34-13-12-33-4)22(15-21)30-24(32)6-2/h5-6,9-11,14-16H,1-3,7-8,12-13H2,4H3,(H,30,32)(H,28,29,31). The maximum Gasteiger partial charge on any atom is 0.247 e. The van der Waals surface area contributed by atoms with E-state index < -0.39 is 0 Å². The zero-order chi connectivity index (χ0) is 24.5. The lowest BCUT2D eigenvalue weighted by Crippen LogP contribution is -2.11. The molecule has 0 saturated carbocycles. The molecule has 1 aromatic heterocycles. The largest absolute Gasteiger partial charge is 0.489 e. The predicted molar refractivity (Wildman–Crippen MR) is 138 cm³/mol. The Hall–Kier alpha value is -3.68. The Labute approximate surface area is 204 Å². The van der Waals surface area contributed by atoms with Crippen molar-refractivity contribution in [1.82, 2.24) is 9.97 Å². The van der Waals surface area contributed by atoms with Crippen molar-refractivity contribution < 1.29 is 14.3 Å². The number of rotatable bonds is 11. The number of hydrogen-bond acceptors (Lipinski definition) is 6. The van der Waals surface area contributed by atoms with Crippen molar-refractivity contribution in [2.45, 2.75) is 12.8 Å². The minimum Gasteiger partial charge on any atom is -0.489 e. The van der Waals surface area contributed by atoms with Gasteiger partial charge in [0.1, 0.15) is 12.4 Å². The summed E-state index contributed by atoms with van der Waals surface area (Å²) in [6.07, 6.45) is 10.1. The molecule has 8 heteroatoms. The highest BCUT2D eigenvalue weighted by Gasteiger charge is 2.15. The summed E-state index contributed by atoms with van der Waals surface area (Å²) < 4.78 is 10.7. The van der Waals surface area contributed by atoms with Crippen molar-refractivity contribution >= 4 is 46.5 Å². The SMILES string of the molecule is C=CC(=O)Nc1cc(Nc2ncc(C=C)c(C(=C)C3=CC(Cl)=CCC3)n2)ccc1OCCOC. The van der Waals surface area contributed by atoms with E-state index in [1.807, 2.05) is 12.2 Å². The third-order valence-corrected chi connectivity index (χ3v) is 5.26. The summed E-state index contributed by atoms with van der Waals surface area (Å²) in [6.45, 7) is 12.4. The van der Waals surface area contributed by atoms with Crippen LogP contribution in [0, 0.1) is 0 Å². The second kappa shape index (κ2) is 12.0. The van der Waals surface area contributed by atoms with Crippen LogP contribution in [0.15, 0.2) is 73.0 Å². The lowest BCUT2D eigenvalue weighted by atomic mass is 9.94. The second-order valence-corrected chi connectivity index (χ2v) is 7.78. The van der Waals surface area contributed by atoms with Crippen LogP contribution in [0.5, 0.6) is 5.75 Å². The Morgan fingerprint density at radius 1 is 1.29 bits per heavy atom. The number of allylic oxidation sites excluding steroid dienone is 5. The Morgan fingerprint density at radius 2 is 2.12 bits per heavy atom. The van der Waals surface area contributed by atoms with Crippen molar-refractivity contribution in [2.75, 3.05) is 31.0 Å². The lowest BCUT2D eigenvalue weighted by Gasteiger charge is -2.17. The maximum atomic E-state index is 11.9. The third kappa shape index (κ3) is 6.43. The fraction of sp³-hybridized carbons (Fsp3) is 0.192. The van der Waals surface area contributed by atoms with Crippen molar-refractivity contribution in [3.05, 3.63) is 84.2 Å². The Balaban J connectivity index is 1.88. The van der Waals surface area contributed by atoms with Gasteiger partial charge in [-0.3, -0.25) is 4.79 Å². The molecule has 1 heterocycles. The van der Waals surface area contributed by atoms with E-state index in [4.69, 9.17) is 21.1 Å². The van der Waals surface area contributed by atoms with Gasteiger partial charge in [-0.05, 0) is 54.3 Å². The number of anilines is 3. The Bertz CT molecular complexity index is 1170. The number of nitrogens with zero attached hydrogens (tertiary/aromatic N) is 2. The molecule has 0 radical (unpaired) electrons. The second-order valence-electron chi connectivity index (χ2n) is 7.35. The van der Waals surface area contributed by atoms with E-state index in [2.05, 4.69) is 40.3 Å². The summed E-state index contributed by atoms with van der Waals surface area (Å²) in [6, 6.07) is 5.28. The molecule has 2 aromatic rings. The monoisotopic (exact) mass is 478 g/mol. The van der Waals surface area contributed by atoms with Crippen LogP contribution in [0.3, 0.4) is 0 Å². The van der Waals surface area contributed by atoms with Crippen molar-refractivity contribution in [3.8, 4) is 5.75 Å². The van der Waals surface area contributed by atoms with Gasteiger partial charge in [-0.1, -0.05) is 43.5 Å². The number of ether oxygens (including phenoxy) is 2. The number of carbonyl (C=O) groups is 1. The van der Waals surface area contributed by atoms with Gasteiger partial charge in [-0.2, -0.15) is 0 Å². The maximum absolute atomic E-state index is 11.9. The van der Waals surface area contributed by atoms with E-state index in [-0.39, 0.29) is 5.91 Å². The zero-order valence-corrected chi connectivity index (χ0v) is 19.8. The highest BCUT2D eigenvalue weighted by Crippen LogP contribution is 2.33. The van der Waals surface area contributed by atoms with Crippen LogP contribution in [0.1, 0.15) is 24.1 Å². The molecule has 1 aliphatic carbocycles. The molecule has 1 aliphatic rings. The molecule has 0 spiro atoms. The molecule has 1 amide bonds. The number of nitrogens with one attached hydrogen (secondary N) is 2. The Kier molecular flexibility index (Phi) is 8.79. The van der Waals surface area contributed by atoms with E-state index in [0.29, 0.717) is 47.0 Å². The molecule has 0 unspecified atom stereocenters. The fourth-order valence-corrected chi connectivity index (χ4v) is 3.52. The van der Waals surface area contributed by atoms with Crippen LogP contribution in [0.4, 0.5) is 17.3 Å². The van der Waals surface area contributed by atoms with Gasteiger partial charge in [-0.15, -0.1) is 0 Å². The van der Waals surface area contributed by atoms with Gasteiger partial charge in [0.15, 0.2) is 0 Å². The first-order valence-corrected chi connectivity index (χ1v) is 11.0. The summed E-state index contributed by atoms with van der Waals surface area (Å²) >= 11 is 6.19. The molecule has 0 saturated heterocycles. The summed E-state index contributed by atoms with van der Waals surface area (Å²) in [5.41, 5.74) is 4.36. The van der Waals surface area contributed by atoms with Crippen LogP contribution in [0.25, 0.3) is 11.6 Å². The molecule has 1 aromatic carbocycles. The average molecular weight is 479 g/mol. The first kappa shape index (κ1) is 25.0. The molecule has 3 rings (SSSR count). The number of aromatic nitrogens is 2. The van der Waals surface area contributed by atoms with Gasteiger partial charge in [0.25, 0.3) is 0 Å². The lowest BCUT2D eigenvalue weighted by molar-refractivity contribution is -0.111. The Morgan fingerprint density at radius 3 is 2.82 bits per heavy atom. The van der Waals surface area contributed by atoms with Crippen LogP contribution < -0.4 is 15.4 Å². The number of hydrogen-bond donors (Lipinski definition) is 2. The molecule has 0 bridgehead atoms. The summed E-state index contributed by atoms with van der Waals surface area (Å²) in [5, 5.41) is 6.62. The van der Waals surface area contributed by atoms with Crippen molar-refractivity contribution in [2.24, 2.45) is 0 Å². The molecular formula is C26H27ClN4O3. The van der Waals surface area contributed by atoms with Crippen molar-refractivity contribution in [3.63, 3.8) is 0 Å². The topological polar surface area (TPSA) is 85.4 Å². The van der Waals surface area contributed by atoms with Crippen LogP contribution in [-0.2, 0) is 9.53 Å². The van der Waals surface area contributed by atoms with Crippen LogP contribution in [0.2, 0.25) is 0 Å². The molecule has 2 N–H and O–H groups in total. The van der Waals surface area contributed by atoms with Gasteiger partial charge >= 0.3 is 0 Å². The predicted octanol–water partition coefficient (Wildman–Crippen LogP) is 5.87. The summed E-state index contributed by atoms with van der Waals surface area (Å²) in [7, 11) is 1.59. The number of methoxy groups -OCH3 is 1. The molecule has 0 aliphatic heterocycles. The van der Waals surface area contributed by atoms with E-state index in [1.165, 1.54) is 6.08 Å². The number of benzene rings is 1. The number of carbonyl (C=O) groups excluding carboxylic acids is 1. The highest BCUT2D eigenvalue weighted by atomic mass is 35.5. The van der Waals surface area contributed by atoms with Gasteiger partial charge < -0.3 is 20.1 Å². The first-order valence-electron chi connectivity index (χ1n) is 10.7. The van der Waals surface area contributed by atoms with Gasteiger partial charge in [0, 0.05) is 29.6 Å². The minimum atomic E-state index is -0.354. The first-order chi connectivity index (χ1) is 16.4. The summed E-state index contributed by atoms with van der Waals surface area (Å²) in [5.74, 6) is 0.519. The molecule has 34 heavy (non-hydrogen) atoms. The van der Waals surface area contributed by atoms with Gasteiger partial charge in [-0.25, -0.2) is 9.97 Å². The number of halogens is 1. The van der Waals surface area contributed by atoms with Gasteiger partial charge in [0.2, 0.25) is 11.9 Å². The average Bonchev–Trinajstić information content (AvgIpc) is 2.84. The van der Waals surface area contributed by atoms with Crippen LogP contribution >= 0.6 is 11.6 Å². The smallest absolute Gasteiger partial charge is 0.247 e. The normalized spacial score (nSPS) is 12.8. The minimum absolute atomic E-state index is 0.340. The molecular weight excluding hydrogens is 452 g/mol. The zero-order valence-electron chi connectivity index (χ0n) is 19.1. The molecule has 0 fully saturated rings. The van der Waals surface area contributed by atoms with Crippen LogP contribution in [-0.4, -0.2) is 36.2 Å². The molecule has 176 valence electrons. The van der Waals surface area contributed by atoms with E-state index in [0.717, 1.165) is 29.6 Å². The quantitative estimate of drug-likeness (QED) is 0.310. The van der Waals surface area contributed by atoms with E-state index in [1.54, 1.807) is 37.6 Å².